The van der Waals surface area contributed by atoms with Gasteiger partial charge in [0.05, 0.1) is 5.92 Å². The lowest BCUT2D eigenvalue weighted by molar-refractivity contribution is -0.143. The second kappa shape index (κ2) is 7.74. The van der Waals surface area contributed by atoms with E-state index in [0.717, 1.165) is 16.7 Å². The highest BCUT2D eigenvalue weighted by Gasteiger charge is 2.37. The van der Waals surface area contributed by atoms with E-state index in [1.807, 2.05) is 24.3 Å². The Kier molecular flexibility index (Phi) is 5.43. The Morgan fingerprint density at radius 2 is 1.72 bits per heavy atom. The van der Waals surface area contributed by atoms with Gasteiger partial charge in [-0.05, 0) is 54.5 Å². The van der Waals surface area contributed by atoms with Gasteiger partial charge in [-0.25, -0.2) is 4.39 Å². The van der Waals surface area contributed by atoms with Gasteiger partial charge in [0.15, 0.2) is 0 Å². The molecule has 132 valence electrons. The number of hydrogen-bond donors (Lipinski definition) is 2. The van der Waals surface area contributed by atoms with Crippen LogP contribution >= 0.6 is 0 Å². The molecule has 1 aliphatic carbocycles. The van der Waals surface area contributed by atoms with E-state index in [9.17, 15) is 9.18 Å². The van der Waals surface area contributed by atoms with Crippen LogP contribution in [0.25, 0.3) is 11.1 Å². The highest BCUT2D eigenvalue weighted by atomic mass is 19.1. The molecule has 2 N–H and O–H groups in total. The molecule has 1 aromatic carbocycles. The van der Waals surface area contributed by atoms with Gasteiger partial charge in [-0.3, -0.25) is 9.78 Å². The van der Waals surface area contributed by atoms with E-state index in [-0.39, 0.29) is 12.5 Å². The smallest absolute Gasteiger partial charge is 0.306 e. The number of aliphatic carboxylic acids is 1. The number of nitrogens with one attached hydrogen (secondary N) is 1. The van der Waals surface area contributed by atoms with Crippen molar-refractivity contribution in [3.63, 3.8) is 0 Å². The average Bonchev–Trinajstić information content (AvgIpc) is 2.63. The average molecular weight is 342 g/mol. The molecule has 0 bridgehead atoms. The number of aromatic nitrogens is 1. The quantitative estimate of drug-likeness (QED) is 0.838. The topological polar surface area (TPSA) is 62.2 Å². The Hall–Kier alpha value is -2.27. The monoisotopic (exact) mass is 342 g/mol. The van der Waals surface area contributed by atoms with E-state index in [0.29, 0.717) is 32.2 Å². The first-order valence-corrected chi connectivity index (χ1v) is 8.67. The predicted octanol–water partition coefficient (Wildman–Crippen LogP) is 3.82. The van der Waals surface area contributed by atoms with Crippen molar-refractivity contribution in [3.8, 4) is 11.1 Å². The molecule has 1 heterocycles. The number of carboxylic acids is 1. The molecular formula is C20H23FN2O2. The van der Waals surface area contributed by atoms with Gasteiger partial charge in [-0.1, -0.05) is 24.3 Å². The van der Waals surface area contributed by atoms with E-state index in [4.69, 9.17) is 5.11 Å². The predicted molar refractivity (Wildman–Crippen MR) is 94.8 cm³/mol. The van der Waals surface area contributed by atoms with E-state index in [1.54, 1.807) is 12.4 Å². The van der Waals surface area contributed by atoms with Crippen molar-refractivity contribution in [2.45, 2.75) is 37.9 Å². The van der Waals surface area contributed by atoms with Gasteiger partial charge in [-0.15, -0.1) is 0 Å². The Morgan fingerprint density at radius 1 is 1.12 bits per heavy atom. The number of alkyl halides is 1. The summed E-state index contributed by atoms with van der Waals surface area (Å²) in [6.45, 7) is 0.871. The molecule has 0 aliphatic heterocycles. The van der Waals surface area contributed by atoms with Gasteiger partial charge in [0, 0.05) is 25.5 Å². The van der Waals surface area contributed by atoms with Crippen molar-refractivity contribution in [3.05, 3.63) is 54.4 Å². The zero-order chi connectivity index (χ0) is 17.7. The van der Waals surface area contributed by atoms with Gasteiger partial charge < -0.3 is 10.4 Å². The van der Waals surface area contributed by atoms with Gasteiger partial charge in [0.2, 0.25) is 0 Å². The highest BCUT2D eigenvalue weighted by Crippen LogP contribution is 2.34. The van der Waals surface area contributed by atoms with Crippen LogP contribution in [-0.4, -0.2) is 28.3 Å². The Balaban J connectivity index is 1.48. The van der Waals surface area contributed by atoms with Gasteiger partial charge in [-0.2, -0.15) is 0 Å². The molecule has 25 heavy (non-hydrogen) atoms. The molecule has 4 nitrogen and oxygen atoms in total. The lowest BCUT2D eigenvalue weighted by Crippen LogP contribution is -2.40. The number of hydrogen-bond acceptors (Lipinski definition) is 3. The van der Waals surface area contributed by atoms with Crippen molar-refractivity contribution in [1.82, 2.24) is 10.3 Å². The van der Waals surface area contributed by atoms with E-state index >= 15 is 0 Å². The van der Waals surface area contributed by atoms with Crippen LogP contribution in [0.1, 0.15) is 31.2 Å². The standard InChI is InChI=1S/C20H23FN2O2/c21-20(9-5-18(6-10-20)19(24)25)14-23-13-15-1-3-16(4-2-15)17-7-11-22-12-8-17/h1-4,7-8,11-12,18,23H,5-6,9-10,13-14H2,(H,24,25). The van der Waals surface area contributed by atoms with Gasteiger partial charge >= 0.3 is 5.97 Å². The third-order valence-corrected chi connectivity index (χ3v) is 4.97. The summed E-state index contributed by atoms with van der Waals surface area (Å²) >= 11 is 0. The fraction of sp³-hybridized carbons (Fsp3) is 0.400. The summed E-state index contributed by atoms with van der Waals surface area (Å²) in [4.78, 5) is 15.0. The molecule has 2 aromatic rings. The van der Waals surface area contributed by atoms with Crippen LogP contribution in [0.3, 0.4) is 0 Å². The number of pyridine rings is 1. The Morgan fingerprint density at radius 3 is 2.32 bits per heavy atom. The fourth-order valence-electron chi connectivity index (χ4n) is 3.35. The molecule has 0 saturated heterocycles. The van der Waals surface area contributed by atoms with E-state index in [1.165, 1.54) is 0 Å². The molecule has 0 radical (unpaired) electrons. The maximum atomic E-state index is 14.7. The van der Waals surface area contributed by atoms with Crippen molar-refractivity contribution >= 4 is 5.97 Å². The first-order valence-electron chi connectivity index (χ1n) is 8.67. The van der Waals surface area contributed by atoms with Crippen molar-refractivity contribution < 1.29 is 14.3 Å². The fourth-order valence-corrected chi connectivity index (χ4v) is 3.35. The Labute approximate surface area is 147 Å². The maximum absolute atomic E-state index is 14.7. The molecule has 0 atom stereocenters. The van der Waals surface area contributed by atoms with E-state index in [2.05, 4.69) is 22.4 Å². The van der Waals surface area contributed by atoms with Gasteiger partial charge in [0.25, 0.3) is 0 Å². The van der Waals surface area contributed by atoms with Crippen molar-refractivity contribution in [1.29, 1.82) is 0 Å². The molecule has 1 aromatic heterocycles. The van der Waals surface area contributed by atoms with Crippen LogP contribution in [0.2, 0.25) is 0 Å². The molecule has 0 unspecified atom stereocenters. The summed E-state index contributed by atoms with van der Waals surface area (Å²) in [6, 6.07) is 12.1. The second-order valence-electron chi connectivity index (χ2n) is 6.80. The Bertz CT molecular complexity index is 695. The minimum Gasteiger partial charge on any atom is -0.481 e. The molecule has 1 fully saturated rings. The summed E-state index contributed by atoms with van der Waals surface area (Å²) in [5, 5.41) is 12.2. The number of nitrogens with zero attached hydrogens (tertiary/aromatic N) is 1. The van der Waals surface area contributed by atoms with Crippen LogP contribution in [0.15, 0.2) is 48.8 Å². The number of carboxylic acid groups (broad SMARTS) is 1. The molecule has 3 rings (SSSR count). The molecular weight excluding hydrogens is 319 g/mol. The third kappa shape index (κ3) is 4.63. The largest absolute Gasteiger partial charge is 0.481 e. The SMILES string of the molecule is O=C(O)C1CCC(F)(CNCc2ccc(-c3ccncc3)cc2)CC1. The van der Waals surface area contributed by atoms with Crippen molar-refractivity contribution in [2.24, 2.45) is 5.92 Å². The minimum absolute atomic E-state index is 0.269. The summed E-state index contributed by atoms with van der Waals surface area (Å²) in [5.74, 6) is -1.19. The molecule has 0 amide bonds. The number of carbonyl (C=O) groups is 1. The lowest BCUT2D eigenvalue weighted by atomic mass is 9.80. The number of halogens is 1. The molecule has 1 aliphatic rings. The van der Waals surface area contributed by atoms with Crippen LogP contribution < -0.4 is 5.32 Å². The summed E-state index contributed by atoms with van der Waals surface area (Å²) in [7, 11) is 0. The summed E-state index contributed by atoms with van der Waals surface area (Å²) in [6.07, 6.45) is 5.02. The third-order valence-electron chi connectivity index (χ3n) is 4.97. The molecule has 0 spiro atoms. The maximum Gasteiger partial charge on any atom is 0.306 e. The normalized spacial score (nSPS) is 23.3. The van der Waals surface area contributed by atoms with Crippen LogP contribution in [0.4, 0.5) is 4.39 Å². The molecule has 1 saturated carbocycles. The minimum atomic E-state index is -1.29. The first kappa shape index (κ1) is 17.5. The molecule has 5 heteroatoms. The van der Waals surface area contributed by atoms with E-state index < -0.39 is 11.6 Å². The second-order valence-corrected chi connectivity index (χ2v) is 6.80. The first-order chi connectivity index (χ1) is 12.1. The highest BCUT2D eigenvalue weighted by molar-refractivity contribution is 5.70. The zero-order valence-corrected chi connectivity index (χ0v) is 14.1. The van der Waals surface area contributed by atoms with Crippen molar-refractivity contribution in [2.75, 3.05) is 6.54 Å². The lowest BCUT2D eigenvalue weighted by Gasteiger charge is -2.32. The summed E-state index contributed by atoms with van der Waals surface area (Å²) < 4.78 is 14.7. The summed E-state index contributed by atoms with van der Waals surface area (Å²) in [5.41, 5.74) is 2.05. The van der Waals surface area contributed by atoms with Crippen LogP contribution in [0.5, 0.6) is 0 Å². The zero-order valence-electron chi connectivity index (χ0n) is 14.1. The van der Waals surface area contributed by atoms with Crippen LogP contribution in [0, 0.1) is 5.92 Å². The number of benzene rings is 1. The van der Waals surface area contributed by atoms with Crippen LogP contribution in [-0.2, 0) is 11.3 Å². The van der Waals surface area contributed by atoms with Gasteiger partial charge in [0.1, 0.15) is 5.67 Å². The number of rotatable bonds is 6.